The Balaban J connectivity index is 1.98. The number of rotatable bonds is 3. The lowest BCUT2D eigenvalue weighted by atomic mass is 10.2. The molecule has 0 aliphatic heterocycles. The molecule has 0 spiro atoms. The summed E-state index contributed by atoms with van der Waals surface area (Å²) in [5.41, 5.74) is 1.32. The van der Waals surface area contributed by atoms with E-state index in [4.69, 9.17) is 0 Å². The molecule has 9 heteroatoms. The molecule has 0 fully saturated rings. The number of imide groups is 1. The fraction of sp³-hybridized carbons (Fsp3) is 0.0667. The molecule has 126 valence electrons. The van der Waals surface area contributed by atoms with Gasteiger partial charge < -0.3 is 5.32 Å². The molecule has 0 saturated carbocycles. The van der Waals surface area contributed by atoms with Gasteiger partial charge in [0.05, 0.1) is 10.6 Å². The molecule has 7 nitrogen and oxygen atoms in total. The van der Waals surface area contributed by atoms with Gasteiger partial charge in [-0.05, 0) is 47.1 Å². The molecule has 0 aromatic heterocycles. The summed E-state index contributed by atoms with van der Waals surface area (Å²) in [7, 11) is -4.05. The maximum absolute atomic E-state index is 12.0. The second kappa shape index (κ2) is 7.45. The molecule has 2 aromatic rings. The summed E-state index contributed by atoms with van der Waals surface area (Å²) in [5, 5.41) is 4.31. The van der Waals surface area contributed by atoms with Gasteiger partial charge in [-0.3, -0.25) is 5.32 Å². The van der Waals surface area contributed by atoms with Gasteiger partial charge in [0.1, 0.15) is 0 Å². The van der Waals surface area contributed by atoms with Gasteiger partial charge in [0.15, 0.2) is 0 Å². The SMILES string of the molecule is Cc1ccc(S(=O)(=O)NC(=O)NC(=O)Nc2ccccc2Br)cc1. The number of amides is 4. The van der Waals surface area contributed by atoms with E-state index in [9.17, 15) is 18.0 Å². The maximum Gasteiger partial charge on any atom is 0.336 e. The van der Waals surface area contributed by atoms with Crippen LogP contribution in [-0.4, -0.2) is 20.5 Å². The fourth-order valence-electron chi connectivity index (χ4n) is 1.74. The van der Waals surface area contributed by atoms with Crippen molar-refractivity contribution in [2.75, 3.05) is 5.32 Å². The van der Waals surface area contributed by atoms with Gasteiger partial charge >= 0.3 is 12.1 Å². The second-order valence-corrected chi connectivity index (χ2v) is 7.34. The molecule has 0 radical (unpaired) electrons. The highest BCUT2D eigenvalue weighted by Crippen LogP contribution is 2.20. The number of halogens is 1. The average molecular weight is 412 g/mol. The third-order valence-electron chi connectivity index (χ3n) is 2.91. The summed E-state index contributed by atoms with van der Waals surface area (Å²) in [6, 6.07) is 10.7. The summed E-state index contributed by atoms with van der Waals surface area (Å²) in [4.78, 5) is 23.4. The van der Waals surface area contributed by atoms with E-state index in [0.717, 1.165) is 5.56 Å². The monoisotopic (exact) mass is 411 g/mol. The van der Waals surface area contributed by atoms with Crippen LogP contribution in [0.15, 0.2) is 57.9 Å². The van der Waals surface area contributed by atoms with Crippen molar-refractivity contribution in [3.8, 4) is 0 Å². The van der Waals surface area contributed by atoms with Crippen LogP contribution in [0.25, 0.3) is 0 Å². The van der Waals surface area contributed by atoms with E-state index < -0.39 is 22.1 Å². The van der Waals surface area contributed by atoms with E-state index in [1.807, 2.05) is 12.2 Å². The molecule has 0 aliphatic carbocycles. The molecule has 2 aromatic carbocycles. The van der Waals surface area contributed by atoms with Crippen LogP contribution in [0.4, 0.5) is 15.3 Å². The minimum atomic E-state index is -4.05. The van der Waals surface area contributed by atoms with Gasteiger partial charge in [-0.15, -0.1) is 0 Å². The molecule has 2 rings (SSSR count). The Hall–Kier alpha value is -2.39. The van der Waals surface area contributed by atoms with Gasteiger partial charge in [0, 0.05) is 4.47 Å². The molecular weight excluding hydrogens is 398 g/mol. The van der Waals surface area contributed by atoms with E-state index in [1.165, 1.54) is 12.1 Å². The highest BCUT2D eigenvalue weighted by molar-refractivity contribution is 9.10. The first-order valence-electron chi connectivity index (χ1n) is 6.74. The molecule has 4 amide bonds. The first-order chi connectivity index (χ1) is 11.3. The smallest absolute Gasteiger partial charge is 0.306 e. The Kier molecular flexibility index (Phi) is 5.58. The Morgan fingerprint density at radius 2 is 1.58 bits per heavy atom. The van der Waals surface area contributed by atoms with Crippen LogP contribution in [0.2, 0.25) is 0 Å². The number of carbonyl (C=O) groups excluding carboxylic acids is 2. The van der Waals surface area contributed by atoms with Crippen molar-refractivity contribution in [2.45, 2.75) is 11.8 Å². The van der Waals surface area contributed by atoms with Crippen LogP contribution < -0.4 is 15.4 Å². The molecule has 0 atom stereocenters. The normalized spacial score (nSPS) is 10.8. The lowest BCUT2D eigenvalue weighted by Crippen LogP contribution is -2.44. The zero-order valence-electron chi connectivity index (χ0n) is 12.5. The number of urea groups is 2. The van der Waals surface area contributed by atoms with Crippen LogP contribution in [-0.2, 0) is 10.0 Å². The number of anilines is 1. The van der Waals surface area contributed by atoms with E-state index in [0.29, 0.717) is 10.2 Å². The Morgan fingerprint density at radius 1 is 0.958 bits per heavy atom. The predicted molar refractivity (Wildman–Crippen MR) is 93.2 cm³/mol. The van der Waals surface area contributed by atoms with Crippen LogP contribution >= 0.6 is 15.9 Å². The molecule has 0 heterocycles. The lowest BCUT2D eigenvalue weighted by Gasteiger charge is -2.10. The highest BCUT2D eigenvalue weighted by Gasteiger charge is 2.19. The standard InChI is InChI=1S/C15H14BrN3O4S/c1-10-6-8-11(9-7-10)24(22,23)19-15(21)18-14(20)17-13-5-3-2-4-12(13)16/h2-9H,1H3,(H3,17,18,19,20,21). The second-order valence-electron chi connectivity index (χ2n) is 4.81. The van der Waals surface area contributed by atoms with Crippen molar-refractivity contribution >= 4 is 43.7 Å². The number of hydrogen-bond donors (Lipinski definition) is 3. The van der Waals surface area contributed by atoms with Crippen LogP contribution in [0.1, 0.15) is 5.56 Å². The first kappa shape index (κ1) is 18.0. The van der Waals surface area contributed by atoms with E-state index in [1.54, 1.807) is 41.1 Å². The largest absolute Gasteiger partial charge is 0.336 e. The molecule has 0 aliphatic rings. The molecule has 0 saturated heterocycles. The summed E-state index contributed by atoms with van der Waals surface area (Å²) in [5.74, 6) is 0. The first-order valence-corrected chi connectivity index (χ1v) is 9.01. The quantitative estimate of drug-likeness (QED) is 0.721. The molecular formula is C15H14BrN3O4S. The Bertz CT molecular complexity index is 867. The topological polar surface area (TPSA) is 104 Å². The average Bonchev–Trinajstić information content (AvgIpc) is 2.49. The van der Waals surface area contributed by atoms with Gasteiger partial charge in [-0.2, -0.15) is 0 Å². The van der Waals surface area contributed by atoms with E-state index >= 15 is 0 Å². The third kappa shape index (κ3) is 4.80. The predicted octanol–water partition coefficient (Wildman–Crippen LogP) is 2.98. The Morgan fingerprint density at radius 3 is 2.21 bits per heavy atom. The van der Waals surface area contributed by atoms with E-state index in [-0.39, 0.29) is 4.90 Å². The number of sulfonamides is 1. The van der Waals surface area contributed by atoms with Crippen LogP contribution in [0.5, 0.6) is 0 Å². The van der Waals surface area contributed by atoms with Crippen molar-refractivity contribution < 1.29 is 18.0 Å². The zero-order valence-corrected chi connectivity index (χ0v) is 14.9. The summed E-state index contributed by atoms with van der Waals surface area (Å²) in [6.07, 6.45) is 0. The highest BCUT2D eigenvalue weighted by atomic mass is 79.9. The number of carbonyl (C=O) groups is 2. The van der Waals surface area contributed by atoms with Gasteiger partial charge in [-0.1, -0.05) is 29.8 Å². The van der Waals surface area contributed by atoms with Gasteiger partial charge in [-0.25, -0.2) is 22.7 Å². The number of para-hydroxylation sites is 1. The summed E-state index contributed by atoms with van der Waals surface area (Å²) in [6.45, 7) is 1.81. The van der Waals surface area contributed by atoms with E-state index in [2.05, 4.69) is 21.2 Å². The third-order valence-corrected chi connectivity index (χ3v) is 4.95. The number of nitrogens with one attached hydrogen (secondary N) is 3. The number of benzene rings is 2. The molecule has 3 N–H and O–H groups in total. The minimum absolute atomic E-state index is 0.0746. The van der Waals surface area contributed by atoms with Gasteiger partial charge in [0.25, 0.3) is 10.0 Å². The number of hydrogen-bond acceptors (Lipinski definition) is 4. The van der Waals surface area contributed by atoms with Crippen molar-refractivity contribution in [2.24, 2.45) is 0 Å². The number of aryl methyl sites for hydroxylation is 1. The summed E-state index contributed by atoms with van der Waals surface area (Å²) < 4.78 is 26.5. The van der Waals surface area contributed by atoms with Crippen molar-refractivity contribution in [1.82, 2.24) is 10.0 Å². The van der Waals surface area contributed by atoms with Crippen molar-refractivity contribution in [3.05, 3.63) is 58.6 Å². The fourth-order valence-corrected chi connectivity index (χ4v) is 3.03. The lowest BCUT2D eigenvalue weighted by molar-refractivity contribution is 0.236. The molecule has 24 heavy (non-hydrogen) atoms. The summed E-state index contributed by atoms with van der Waals surface area (Å²) >= 11 is 3.24. The maximum atomic E-state index is 12.0. The molecule has 0 unspecified atom stereocenters. The van der Waals surface area contributed by atoms with Crippen molar-refractivity contribution in [3.63, 3.8) is 0 Å². The zero-order chi connectivity index (χ0) is 17.7. The molecule has 0 bridgehead atoms. The Labute approximate surface area is 147 Å². The van der Waals surface area contributed by atoms with Gasteiger partial charge in [0.2, 0.25) is 0 Å². The minimum Gasteiger partial charge on any atom is -0.306 e. The van der Waals surface area contributed by atoms with Crippen LogP contribution in [0.3, 0.4) is 0 Å². The van der Waals surface area contributed by atoms with Crippen molar-refractivity contribution in [1.29, 1.82) is 0 Å². The van der Waals surface area contributed by atoms with Crippen LogP contribution in [0, 0.1) is 6.92 Å².